The van der Waals surface area contributed by atoms with Gasteiger partial charge in [0.2, 0.25) is 0 Å². The third-order valence-corrected chi connectivity index (χ3v) is 7.81. The quantitative estimate of drug-likeness (QED) is 0.297. The number of rotatable bonds is 8. The van der Waals surface area contributed by atoms with E-state index in [1.165, 1.54) is 25.5 Å². The maximum Gasteiger partial charge on any atom is 0.175 e. The molecule has 5 rings (SSSR count). The largest absolute Gasteiger partial charge is 0.508 e. The number of phenols is 1. The average Bonchev–Trinajstić information content (AvgIpc) is 2.90. The summed E-state index contributed by atoms with van der Waals surface area (Å²) in [5.41, 5.74) is 1.48. The topological polar surface area (TPSA) is 76.1 Å². The molecule has 37 heavy (non-hydrogen) atoms. The summed E-state index contributed by atoms with van der Waals surface area (Å²) in [6.45, 7) is 3.87. The molecule has 0 unspecified atom stereocenters. The summed E-state index contributed by atoms with van der Waals surface area (Å²) in [5.74, 6) is 2.16. The summed E-state index contributed by atoms with van der Waals surface area (Å²) >= 11 is 0. The van der Waals surface area contributed by atoms with E-state index in [4.69, 9.17) is 9.47 Å². The van der Waals surface area contributed by atoms with Gasteiger partial charge in [-0.15, -0.1) is 0 Å². The van der Waals surface area contributed by atoms with Gasteiger partial charge >= 0.3 is 0 Å². The highest BCUT2D eigenvalue weighted by molar-refractivity contribution is 7.90. The molecule has 0 radical (unpaired) electrons. The van der Waals surface area contributed by atoms with E-state index in [1.54, 1.807) is 30.3 Å². The molecule has 6 nitrogen and oxygen atoms in total. The maximum absolute atomic E-state index is 12.2. The SMILES string of the molecule is CS(=O)(=O)c1cccc(-c2ccc3cc(O)ccc3c2Oc2ccc(OCCN3CCCCC3)cc2)c1. The molecule has 0 amide bonds. The fourth-order valence-corrected chi connectivity index (χ4v) is 5.38. The van der Waals surface area contributed by atoms with Crippen molar-refractivity contribution in [2.75, 3.05) is 32.5 Å². The highest BCUT2D eigenvalue weighted by Gasteiger charge is 2.16. The van der Waals surface area contributed by atoms with Crippen molar-refractivity contribution in [1.82, 2.24) is 4.90 Å². The zero-order valence-electron chi connectivity index (χ0n) is 20.9. The number of likely N-dealkylation sites (tertiary alicyclic amines) is 1. The molecule has 0 aromatic heterocycles. The lowest BCUT2D eigenvalue weighted by atomic mass is 9.99. The van der Waals surface area contributed by atoms with E-state index in [1.807, 2.05) is 48.5 Å². The van der Waals surface area contributed by atoms with Crippen LogP contribution in [0.1, 0.15) is 19.3 Å². The van der Waals surface area contributed by atoms with Gasteiger partial charge in [0.1, 0.15) is 29.6 Å². The van der Waals surface area contributed by atoms with Crippen LogP contribution >= 0.6 is 0 Å². The van der Waals surface area contributed by atoms with Crippen molar-refractivity contribution in [3.63, 3.8) is 0 Å². The van der Waals surface area contributed by atoms with Crippen LogP contribution < -0.4 is 9.47 Å². The van der Waals surface area contributed by atoms with Gasteiger partial charge in [-0.1, -0.05) is 24.6 Å². The van der Waals surface area contributed by atoms with Gasteiger partial charge in [0.15, 0.2) is 9.84 Å². The number of hydrogen-bond donors (Lipinski definition) is 1. The monoisotopic (exact) mass is 517 g/mol. The van der Waals surface area contributed by atoms with E-state index in [0.29, 0.717) is 18.1 Å². The van der Waals surface area contributed by atoms with E-state index in [2.05, 4.69) is 4.90 Å². The molecule has 1 fully saturated rings. The predicted molar refractivity (Wildman–Crippen MR) is 146 cm³/mol. The van der Waals surface area contributed by atoms with E-state index in [-0.39, 0.29) is 10.6 Å². The summed E-state index contributed by atoms with van der Waals surface area (Å²) in [6, 6.07) is 23.2. The normalized spacial score (nSPS) is 14.5. The molecule has 4 aromatic carbocycles. The first-order valence-electron chi connectivity index (χ1n) is 12.6. The molecular weight excluding hydrogens is 486 g/mol. The molecule has 1 heterocycles. The molecule has 0 spiro atoms. The molecule has 0 bridgehead atoms. The minimum atomic E-state index is -3.36. The van der Waals surface area contributed by atoms with Gasteiger partial charge in [0, 0.05) is 23.8 Å². The highest BCUT2D eigenvalue weighted by Crippen LogP contribution is 2.41. The molecule has 1 aliphatic rings. The minimum absolute atomic E-state index is 0.163. The Morgan fingerprint density at radius 3 is 2.38 bits per heavy atom. The lowest BCUT2D eigenvalue weighted by molar-refractivity contribution is 0.183. The molecule has 1 aliphatic heterocycles. The Bertz CT molecular complexity index is 1490. The Balaban J connectivity index is 1.41. The molecule has 7 heteroatoms. The zero-order valence-corrected chi connectivity index (χ0v) is 21.7. The number of nitrogens with zero attached hydrogens (tertiary/aromatic N) is 1. The smallest absolute Gasteiger partial charge is 0.175 e. The van der Waals surface area contributed by atoms with Crippen molar-refractivity contribution in [2.45, 2.75) is 24.2 Å². The van der Waals surface area contributed by atoms with E-state index in [9.17, 15) is 13.5 Å². The average molecular weight is 518 g/mol. The molecule has 4 aromatic rings. The van der Waals surface area contributed by atoms with E-state index >= 15 is 0 Å². The molecule has 0 atom stereocenters. The van der Waals surface area contributed by atoms with Crippen molar-refractivity contribution >= 4 is 20.6 Å². The van der Waals surface area contributed by atoms with Crippen LogP contribution in [0, 0.1) is 0 Å². The fraction of sp³-hybridized carbons (Fsp3) is 0.267. The summed E-state index contributed by atoms with van der Waals surface area (Å²) in [7, 11) is -3.36. The molecule has 192 valence electrons. The Morgan fingerprint density at radius 2 is 1.62 bits per heavy atom. The Kier molecular flexibility index (Phi) is 7.35. The van der Waals surface area contributed by atoms with Crippen molar-refractivity contribution in [3.8, 4) is 34.1 Å². The second-order valence-corrected chi connectivity index (χ2v) is 11.5. The van der Waals surface area contributed by atoms with Crippen LogP contribution in [-0.2, 0) is 9.84 Å². The van der Waals surface area contributed by atoms with Crippen LogP contribution in [0.15, 0.2) is 83.8 Å². The molecule has 1 N–H and O–H groups in total. The predicted octanol–water partition coefficient (Wildman–Crippen LogP) is 6.27. The number of fused-ring (bicyclic) bond motifs is 1. The first-order chi connectivity index (χ1) is 17.9. The maximum atomic E-state index is 12.2. The Labute approximate surface area is 218 Å². The third-order valence-electron chi connectivity index (χ3n) is 6.70. The number of benzene rings is 4. The van der Waals surface area contributed by atoms with Gasteiger partial charge in [0.25, 0.3) is 0 Å². The molecular formula is C30H31NO5S. The number of ether oxygens (including phenoxy) is 2. The lowest BCUT2D eigenvalue weighted by Gasteiger charge is -2.26. The van der Waals surface area contributed by atoms with Crippen molar-refractivity contribution in [1.29, 1.82) is 0 Å². The number of piperidine rings is 1. The fourth-order valence-electron chi connectivity index (χ4n) is 4.72. The van der Waals surface area contributed by atoms with Crippen LogP contribution in [0.25, 0.3) is 21.9 Å². The summed E-state index contributed by atoms with van der Waals surface area (Å²) in [4.78, 5) is 2.69. The van der Waals surface area contributed by atoms with Crippen molar-refractivity contribution in [2.24, 2.45) is 0 Å². The zero-order chi connectivity index (χ0) is 25.8. The minimum Gasteiger partial charge on any atom is -0.508 e. The van der Waals surface area contributed by atoms with Gasteiger partial charge < -0.3 is 14.6 Å². The summed E-state index contributed by atoms with van der Waals surface area (Å²) < 4.78 is 36.7. The third kappa shape index (κ3) is 6.06. The van der Waals surface area contributed by atoms with Gasteiger partial charge in [0.05, 0.1) is 4.90 Å². The van der Waals surface area contributed by atoms with Crippen LogP contribution in [0.4, 0.5) is 0 Å². The molecule has 0 saturated carbocycles. The Morgan fingerprint density at radius 1 is 0.865 bits per heavy atom. The van der Waals surface area contributed by atoms with Crippen molar-refractivity contribution < 1.29 is 23.0 Å². The first kappa shape index (κ1) is 25.1. The standard InChI is InChI=1S/C30H31NO5S/c1-37(33,34)27-7-5-6-22(21-27)28-14-8-23-20-24(32)9-15-29(23)30(28)36-26-12-10-25(11-13-26)35-19-18-31-16-3-2-4-17-31/h5-15,20-21,32H,2-4,16-19H2,1H3. The van der Waals surface area contributed by atoms with Gasteiger partial charge in [-0.25, -0.2) is 8.42 Å². The molecule has 0 aliphatic carbocycles. The molecule has 1 saturated heterocycles. The van der Waals surface area contributed by atoms with Crippen LogP contribution in [0.3, 0.4) is 0 Å². The van der Waals surface area contributed by atoms with Crippen LogP contribution in [0.2, 0.25) is 0 Å². The number of hydrogen-bond acceptors (Lipinski definition) is 6. The van der Waals surface area contributed by atoms with Gasteiger partial charge in [-0.05, 0) is 97.5 Å². The second-order valence-electron chi connectivity index (χ2n) is 9.47. The first-order valence-corrected chi connectivity index (χ1v) is 14.5. The second kappa shape index (κ2) is 10.8. The van der Waals surface area contributed by atoms with E-state index in [0.717, 1.165) is 47.3 Å². The Hall–Kier alpha value is -3.55. The number of sulfone groups is 1. The van der Waals surface area contributed by atoms with E-state index < -0.39 is 9.84 Å². The number of phenolic OH excluding ortho intramolecular Hbond substituents is 1. The highest BCUT2D eigenvalue weighted by atomic mass is 32.2. The summed E-state index contributed by atoms with van der Waals surface area (Å²) in [6.07, 6.45) is 5.05. The summed E-state index contributed by atoms with van der Waals surface area (Å²) in [5, 5.41) is 11.6. The van der Waals surface area contributed by atoms with Gasteiger partial charge in [-0.2, -0.15) is 0 Å². The van der Waals surface area contributed by atoms with Crippen LogP contribution in [-0.4, -0.2) is 50.9 Å². The lowest BCUT2D eigenvalue weighted by Crippen LogP contribution is -2.33. The van der Waals surface area contributed by atoms with Crippen LogP contribution in [0.5, 0.6) is 23.0 Å². The van der Waals surface area contributed by atoms with Crippen molar-refractivity contribution in [3.05, 3.63) is 78.9 Å². The van der Waals surface area contributed by atoms with Gasteiger partial charge in [-0.3, -0.25) is 4.90 Å². The number of aromatic hydroxyl groups is 1.